The summed E-state index contributed by atoms with van der Waals surface area (Å²) < 4.78 is 6.36. The van der Waals surface area contributed by atoms with Gasteiger partial charge in [0.1, 0.15) is 5.75 Å². The topological polar surface area (TPSA) is 87.9 Å². The summed E-state index contributed by atoms with van der Waals surface area (Å²) in [5, 5.41) is 14.4. The van der Waals surface area contributed by atoms with E-state index in [-0.39, 0.29) is 11.5 Å². The molecule has 0 radical (unpaired) electrons. The molecule has 8 heteroatoms. The number of ether oxygens (including phenoxy) is 1. The van der Waals surface area contributed by atoms with Gasteiger partial charge in [-0.2, -0.15) is 5.10 Å². The second-order valence-corrected chi connectivity index (χ2v) is 6.16. The fourth-order valence-corrected chi connectivity index (χ4v) is 2.92. The molecule has 1 saturated heterocycles. The zero-order valence-corrected chi connectivity index (χ0v) is 14.8. The Kier molecular flexibility index (Phi) is 5.22. The first kappa shape index (κ1) is 17.9. The molecule has 26 heavy (non-hydrogen) atoms. The number of aryl methyl sites for hydroxylation is 1. The number of aliphatic hydroxyl groups is 1. The second-order valence-electron chi connectivity index (χ2n) is 6.16. The number of hydrogen-bond acceptors (Lipinski definition) is 6. The molecular formula is C18H22N4O4. The lowest BCUT2D eigenvalue weighted by Crippen LogP contribution is -2.50. The van der Waals surface area contributed by atoms with E-state index in [4.69, 9.17) is 4.74 Å². The zero-order valence-electron chi connectivity index (χ0n) is 14.8. The quantitative estimate of drug-likeness (QED) is 0.838. The maximum atomic E-state index is 12.6. The number of amides is 1. The highest BCUT2D eigenvalue weighted by molar-refractivity contribution is 5.82. The first-order chi connectivity index (χ1) is 12.5. The Balaban J connectivity index is 1.62. The molecule has 0 bridgehead atoms. The highest BCUT2D eigenvalue weighted by Gasteiger charge is 2.27. The van der Waals surface area contributed by atoms with Gasteiger partial charge in [0.05, 0.1) is 19.0 Å². The number of anilines is 1. The Morgan fingerprint density at radius 3 is 2.42 bits per heavy atom. The van der Waals surface area contributed by atoms with Gasteiger partial charge < -0.3 is 19.6 Å². The predicted octanol–water partition coefficient (Wildman–Crippen LogP) is 0.171. The lowest BCUT2D eigenvalue weighted by atomic mass is 10.1. The molecule has 2 heterocycles. The van der Waals surface area contributed by atoms with Crippen LogP contribution in [0.2, 0.25) is 0 Å². The van der Waals surface area contributed by atoms with Gasteiger partial charge in [0, 0.05) is 39.3 Å². The van der Waals surface area contributed by atoms with Crippen LogP contribution in [0.1, 0.15) is 11.7 Å². The van der Waals surface area contributed by atoms with Crippen LogP contribution in [0.25, 0.3) is 0 Å². The highest BCUT2D eigenvalue weighted by atomic mass is 16.5. The molecule has 0 saturated carbocycles. The van der Waals surface area contributed by atoms with E-state index in [2.05, 4.69) is 5.10 Å². The van der Waals surface area contributed by atoms with Crippen molar-refractivity contribution in [2.75, 3.05) is 38.2 Å². The van der Waals surface area contributed by atoms with Gasteiger partial charge in [0.2, 0.25) is 0 Å². The maximum absolute atomic E-state index is 12.6. The van der Waals surface area contributed by atoms with Gasteiger partial charge in [0.25, 0.3) is 11.5 Å². The van der Waals surface area contributed by atoms with Crippen LogP contribution in [0, 0.1) is 0 Å². The summed E-state index contributed by atoms with van der Waals surface area (Å²) in [6.07, 6.45) is 0.448. The predicted molar refractivity (Wildman–Crippen MR) is 96.2 cm³/mol. The average molecular weight is 358 g/mol. The molecule has 1 aromatic heterocycles. The van der Waals surface area contributed by atoms with E-state index in [0.717, 1.165) is 5.69 Å². The lowest BCUT2D eigenvalue weighted by molar-refractivity contribution is -0.140. The number of benzene rings is 1. The fraction of sp³-hybridized carbons (Fsp3) is 0.389. The van der Waals surface area contributed by atoms with E-state index in [1.807, 2.05) is 4.90 Å². The SMILES string of the molecule is COc1ccc([C@H](O)C(=O)N2CCN(c3cnn(C)c(=O)c3)CC2)cc1. The first-order valence-corrected chi connectivity index (χ1v) is 8.38. The first-order valence-electron chi connectivity index (χ1n) is 8.38. The van der Waals surface area contributed by atoms with Crippen LogP contribution in [0.3, 0.4) is 0 Å². The Bertz CT molecular complexity index is 826. The van der Waals surface area contributed by atoms with Gasteiger partial charge >= 0.3 is 0 Å². The normalized spacial score (nSPS) is 15.7. The second kappa shape index (κ2) is 7.57. The van der Waals surface area contributed by atoms with Gasteiger partial charge in [-0.25, -0.2) is 4.68 Å². The molecule has 138 valence electrons. The average Bonchev–Trinajstić information content (AvgIpc) is 2.69. The Hall–Kier alpha value is -2.87. The summed E-state index contributed by atoms with van der Waals surface area (Å²) in [5.74, 6) is 0.349. The van der Waals surface area contributed by atoms with E-state index in [1.54, 1.807) is 49.5 Å². The summed E-state index contributed by atoms with van der Waals surface area (Å²) in [6, 6.07) is 8.34. The van der Waals surface area contributed by atoms with E-state index in [9.17, 15) is 14.7 Å². The van der Waals surface area contributed by atoms with Crippen LogP contribution in [0.5, 0.6) is 5.75 Å². The number of hydrogen-bond donors (Lipinski definition) is 1. The standard InChI is InChI=1S/C18H22N4O4/c1-20-16(23)11-14(12-19-20)21-7-9-22(10-8-21)18(25)17(24)13-3-5-15(26-2)6-4-13/h3-6,11-12,17,24H,7-10H2,1-2H3/t17-/m0/s1. The molecular weight excluding hydrogens is 336 g/mol. The van der Waals surface area contributed by atoms with Crippen LogP contribution < -0.4 is 15.2 Å². The molecule has 1 amide bonds. The molecule has 3 rings (SSSR count). The van der Waals surface area contributed by atoms with E-state index < -0.39 is 6.10 Å². The van der Waals surface area contributed by atoms with E-state index in [0.29, 0.717) is 37.5 Å². The number of piperazine rings is 1. The Morgan fingerprint density at radius 2 is 1.85 bits per heavy atom. The number of aromatic nitrogens is 2. The lowest BCUT2D eigenvalue weighted by Gasteiger charge is -2.36. The third kappa shape index (κ3) is 3.70. The number of rotatable bonds is 4. The number of carbonyl (C=O) groups excluding carboxylic acids is 1. The molecule has 0 aliphatic carbocycles. The number of carbonyl (C=O) groups is 1. The van der Waals surface area contributed by atoms with Gasteiger partial charge in [-0.05, 0) is 17.7 Å². The van der Waals surface area contributed by atoms with Crippen LogP contribution >= 0.6 is 0 Å². The summed E-state index contributed by atoms with van der Waals surface area (Å²) in [5.41, 5.74) is 1.11. The molecule has 1 N–H and O–H groups in total. The molecule has 2 aromatic rings. The molecule has 1 aliphatic rings. The third-order valence-corrected chi connectivity index (χ3v) is 4.58. The maximum Gasteiger partial charge on any atom is 0.268 e. The fourth-order valence-electron chi connectivity index (χ4n) is 2.92. The summed E-state index contributed by atoms with van der Waals surface area (Å²) >= 11 is 0. The monoisotopic (exact) mass is 358 g/mol. The highest BCUT2D eigenvalue weighted by Crippen LogP contribution is 2.21. The Morgan fingerprint density at radius 1 is 1.19 bits per heavy atom. The van der Waals surface area contributed by atoms with Crippen molar-refractivity contribution in [2.24, 2.45) is 7.05 Å². The van der Waals surface area contributed by atoms with Crippen LogP contribution in [-0.2, 0) is 11.8 Å². The van der Waals surface area contributed by atoms with E-state index >= 15 is 0 Å². The van der Waals surface area contributed by atoms with Crippen LogP contribution in [-0.4, -0.2) is 59.0 Å². The molecule has 0 unspecified atom stereocenters. The van der Waals surface area contributed by atoms with Crippen molar-refractivity contribution in [3.05, 3.63) is 52.4 Å². The van der Waals surface area contributed by atoms with Crippen LogP contribution in [0.4, 0.5) is 5.69 Å². The zero-order chi connectivity index (χ0) is 18.7. The van der Waals surface area contributed by atoms with Gasteiger partial charge in [-0.1, -0.05) is 12.1 Å². The number of nitrogens with zero attached hydrogens (tertiary/aromatic N) is 4. The minimum absolute atomic E-state index is 0.170. The smallest absolute Gasteiger partial charge is 0.268 e. The number of methoxy groups -OCH3 is 1. The Labute approximate surface area is 151 Å². The number of aliphatic hydroxyl groups excluding tert-OH is 1. The van der Waals surface area contributed by atoms with Crippen molar-refractivity contribution >= 4 is 11.6 Å². The van der Waals surface area contributed by atoms with Crippen molar-refractivity contribution in [1.29, 1.82) is 0 Å². The molecule has 1 aliphatic heterocycles. The summed E-state index contributed by atoms with van der Waals surface area (Å²) in [6.45, 7) is 2.11. The van der Waals surface area contributed by atoms with Gasteiger partial charge in [-0.15, -0.1) is 0 Å². The van der Waals surface area contributed by atoms with Gasteiger partial charge in [0.15, 0.2) is 6.10 Å². The van der Waals surface area contributed by atoms with Crippen molar-refractivity contribution in [3.8, 4) is 5.75 Å². The van der Waals surface area contributed by atoms with Crippen LogP contribution in [0.15, 0.2) is 41.3 Å². The molecule has 0 spiro atoms. The van der Waals surface area contributed by atoms with Crippen molar-refractivity contribution in [2.45, 2.75) is 6.10 Å². The molecule has 1 aromatic carbocycles. The summed E-state index contributed by atoms with van der Waals surface area (Å²) in [7, 11) is 3.16. The minimum atomic E-state index is -1.20. The third-order valence-electron chi connectivity index (χ3n) is 4.58. The van der Waals surface area contributed by atoms with Gasteiger partial charge in [-0.3, -0.25) is 9.59 Å². The largest absolute Gasteiger partial charge is 0.497 e. The summed E-state index contributed by atoms with van der Waals surface area (Å²) in [4.78, 5) is 27.9. The van der Waals surface area contributed by atoms with E-state index in [1.165, 1.54) is 10.7 Å². The molecule has 8 nitrogen and oxygen atoms in total. The van der Waals surface area contributed by atoms with Crippen molar-refractivity contribution < 1.29 is 14.6 Å². The molecule has 1 fully saturated rings. The van der Waals surface area contributed by atoms with Crippen molar-refractivity contribution in [3.63, 3.8) is 0 Å². The minimum Gasteiger partial charge on any atom is -0.497 e. The molecule has 1 atom stereocenters. The van der Waals surface area contributed by atoms with Crippen molar-refractivity contribution in [1.82, 2.24) is 14.7 Å².